The van der Waals surface area contributed by atoms with E-state index in [0.717, 1.165) is 38.4 Å². The monoisotopic (exact) mass is 891 g/mol. The van der Waals surface area contributed by atoms with Crippen molar-refractivity contribution < 1.29 is 32.7 Å². The molecule has 49 heavy (non-hydrogen) atoms. The molecule has 4 aromatic carbocycles. The van der Waals surface area contributed by atoms with Gasteiger partial charge in [0.2, 0.25) is 0 Å². The maximum absolute atomic E-state index is 8.95. The summed E-state index contributed by atoms with van der Waals surface area (Å²) >= 11 is -2.03. The number of hydrogen-bond acceptors (Lipinski definition) is 3. The van der Waals surface area contributed by atoms with Crippen LogP contribution in [0.25, 0.3) is 55.2 Å². The Bertz CT molecular complexity index is 2490. The van der Waals surface area contributed by atoms with Gasteiger partial charge in [0.05, 0.1) is 8.32 Å². The maximum Gasteiger partial charge on any atom is 0.121 e. The Kier molecular flexibility index (Phi) is 8.78. The third-order valence-electron chi connectivity index (χ3n) is 8.33. The predicted octanol–water partition coefficient (Wildman–Crippen LogP) is 11.7. The van der Waals surface area contributed by atoms with Crippen LogP contribution >= 0.6 is 0 Å². The third-order valence-corrected chi connectivity index (χ3v) is 12.6. The van der Waals surface area contributed by atoms with Gasteiger partial charge in [-0.2, -0.15) is 0 Å². The molecular formula is C44H46GeIrN2O-2. The predicted molar refractivity (Wildman–Crippen MR) is 207 cm³/mol. The first-order chi connectivity index (χ1) is 25.1. The number of rotatable bonds is 5. The number of hydrogen-bond donors (Lipinski definition) is 0. The molecule has 0 bridgehead atoms. The third kappa shape index (κ3) is 8.26. The maximum atomic E-state index is 8.95. The van der Waals surface area contributed by atoms with Crippen molar-refractivity contribution in [3.8, 4) is 22.5 Å². The Labute approximate surface area is 316 Å². The van der Waals surface area contributed by atoms with Gasteiger partial charge in [-0.05, 0) is 52.9 Å². The average molecular weight is 890 g/mol. The molecule has 7 aromatic rings. The Morgan fingerprint density at radius 1 is 0.898 bits per heavy atom. The van der Waals surface area contributed by atoms with Gasteiger partial charge in [0.15, 0.2) is 0 Å². The minimum Gasteiger partial charge on any atom is -0.501 e. The summed E-state index contributed by atoms with van der Waals surface area (Å²) in [4.78, 5) is 8.93. The fourth-order valence-electron chi connectivity index (χ4n) is 5.96. The van der Waals surface area contributed by atoms with E-state index in [-0.39, 0.29) is 49.0 Å². The van der Waals surface area contributed by atoms with E-state index in [1.165, 1.54) is 4.40 Å². The summed E-state index contributed by atoms with van der Waals surface area (Å²) in [6.45, 7) is 7.33. The standard InChI is InChI=1S/C27H24NO.C17H22GeN.Ir/c1-17-16-28-24(13-20(17)15-27(2,3)4)22-11-7-10-21-23-12-18-8-5-6-9-19(18)14-25(23)29-26(21)22;1-13(2)15-11-17(14-9-7-6-8-10-14)19-12-16(15)18(3,4)5;/h5-10,12-14,16H,15H2,1-4H3;6-9,11-13H,1-5H3;/q2*-1;/i1D3,13D,16D;13D;. The second-order valence-corrected chi connectivity index (χ2v) is 25.4. The van der Waals surface area contributed by atoms with E-state index in [1.807, 2.05) is 101 Å². The minimum absolute atomic E-state index is 0. The summed E-state index contributed by atoms with van der Waals surface area (Å²) in [5, 5.41) is 3.95. The number of nitrogens with zero attached hydrogens (tertiary/aromatic N) is 2. The Morgan fingerprint density at radius 2 is 1.63 bits per heavy atom. The van der Waals surface area contributed by atoms with Gasteiger partial charge in [0.25, 0.3) is 0 Å². The van der Waals surface area contributed by atoms with Crippen molar-refractivity contribution in [1.82, 2.24) is 9.97 Å². The first kappa shape index (κ1) is 29.2. The molecule has 0 aliphatic carbocycles. The zero-order chi connectivity index (χ0) is 39.4. The Balaban J connectivity index is 0.000000237. The quantitative estimate of drug-likeness (QED) is 0.128. The molecule has 0 spiro atoms. The summed E-state index contributed by atoms with van der Waals surface area (Å²) in [6.07, 6.45) is 2.00. The van der Waals surface area contributed by atoms with Crippen molar-refractivity contribution in [2.75, 3.05) is 0 Å². The number of aromatic nitrogens is 2. The Morgan fingerprint density at radius 3 is 2.29 bits per heavy atom. The molecule has 3 aromatic heterocycles. The van der Waals surface area contributed by atoms with Crippen LogP contribution in [-0.2, 0) is 26.5 Å². The largest absolute Gasteiger partial charge is 0.501 e. The second-order valence-electron chi connectivity index (χ2n) is 14.8. The van der Waals surface area contributed by atoms with Gasteiger partial charge in [0, 0.05) is 35.8 Å². The SMILES string of the molecule is [2H]C(C)(C)c1cc(-c2[c-]cccc2)nc[c]1[Ge]([CH3])([CH3])[CH3].[2H]c1nc(-c2[c-]ccc3c2oc2cc4ccccc4cc23)c([2H])c(CC(C)(C)C)c1C([2H])([2H])[2H].[Ir]. The molecule has 253 valence electrons. The van der Waals surface area contributed by atoms with E-state index in [0.29, 0.717) is 28.7 Å². The number of benzene rings is 4. The molecule has 3 heterocycles. The van der Waals surface area contributed by atoms with Crippen molar-refractivity contribution in [1.29, 1.82) is 0 Å². The molecular weight excluding hydrogens is 837 g/mol. The van der Waals surface area contributed by atoms with Gasteiger partial charge in [0.1, 0.15) is 5.58 Å². The van der Waals surface area contributed by atoms with Gasteiger partial charge in [-0.1, -0.05) is 67.6 Å². The van der Waals surface area contributed by atoms with E-state index < -0.39 is 26.0 Å². The molecule has 0 aliphatic rings. The van der Waals surface area contributed by atoms with Crippen LogP contribution in [0, 0.1) is 24.4 Å². The first-order valence-corrected chi connectivity index (χ1v) is 23.7. The summed E-state index contributed by atoms with van der Waals surface area (Å²) in [7, 11) is 0. The van der Waals surface area contributed by atoms with Crippen LogP contribution < -0.4 is 4.40 Å². The van der Waals surface area contributed by atoms with E-state index >= 15 is 0 Å². The van der Waals surface area contributed by atoms with Crippen LogP contribution in [0.3, 0.4) is 0 Å². The van der Waals surface area contributed by atoms with Crippen LogP contribution in [0.1, 0.15) is 65.4 Å². The van der Waals surface area contributed by atoms with Crippen LogP contribution in [0.5, 0.6) is 0 Å². The van der Waals surface area contributed by atoms with Gasteiger partial charge in [-0.15, -0.1) is 18.2 Å². The fraction of sp³-hybridized carbons (Fsp3) is 0.273. The van der Waals surface area contributed by atoms with Crippen LogP contribution in [0.4, 0.5) is 0 Å². The molecule has 0 saturated carbocycles. The van der Waals surface area contributed by atoms with Gasteiger partial charge >= 0.3 is 120 Å². The minimum atomic E-state index is -2.53. The summed E-state index contributed by atoms with van der Waals surface area (Å²) in [6, 6.07) is 32.1. The zero-order valence-electron chi connectivity index (χ0n) is 35.4. The van der Waals surface area contributed by atoms with Crippen molar-refractivity contribution >= 4 is 50.4 Å². The molecule has 0 amide bonds. The van der Waals surface area contributed by atoms with Crippen LogP contribution in [0.15, 0.2) is 102 Å². The molecule has 0 atom stereocenters. The second kappa shape index (κ2) is 14.7. The van der Waals surface area contributed by atoms with Crippen molar-refractivity contribution in [2.24, 2.45) is 5.41 Å². The topological polar surface area (TPSA) is 38.9 Å². The smallest absolute Gasteiger partial charge is 0.121 e. The van der Waals surface area contributed by atoms with Crippen molar-refractivity contribution in [3.05, 3.63) is 126 Å². The van der Waals surface area contributed by atoms with Crippen molar-refractivity contribution in [2.45, 2.75) is 71.1 Å². The number of furan rings is 1. The number of pyridine rings is 2. The van der Waals surface area contributed by atoms with Gasteiger partial charge in [-0.25, -0.2) is 0 Å². The van der Waals surface area contributed by atoms with E-state index in [1.54, 1.807) is 6.07 Å². The van der Waals surface area contributed by atoms with Crippen molar-refractivity contribution in [3.63, 3.8) is 0 Å². The molecule has 7 rings (SSSR count). The summed E-state index contributed by atoms with van der Waals surface area (Å²) in [5.74, 6) is 6.45. The Hall–Kier alpha value is -3.57. The molecule has 0 unspecified atom stereocenters. The molecule has 1 radical (unpaired) electrons. The van der Waals surface area contributed by atoms with Crippen LogP contribution in [-0.4, -0.2) is 23.2 Å². The fourth-order valence-corrected chi connectivity index (χ4v) is 9.28. The van der Waals surface area contributed by atoms with E-state index in [2.05, 4.69) is 51.5 Å². The first-order valence-electron chi connectivity index (χ1n) is 19.4. The van der Waals surface area contributed by atoms with Gasteiger partial charge < -0.3 is 9.40 Å². The van der Waals surface area contributed by atoms with Crippen LogP contribution in [0.2, 0.25) is 17.3 Å². The van der Waals surface area contributed by atoms with Gasteiger partial charge in [-0.3, -0.25) is 0 Å². The number of fused-ring (bicyclic) bond motifs is 4. The molecule has 3 nitrogen and oxygen atoms in total. The summed E-state index contributed by atoms with van der Waals surface area (Å²) in [5.41, 5.74) is 4.83. The normalized spacial score (nSPS) is 14.1. The zero-order valence-corrected chi connectivity index (χ0v) is 33.9. The average Bonchev–Trinajstić information content (AvgIpc) is 3.45. The molecule has 5 heteroatoms. The summed E-state index contributed by atoms with van der Waals surface area (Å²) < 4.78 is 57.4. The molecule has 0 N–H and O–H groups in total. The van der Waals surface area contributed by atoms with E-state index in [4.69, 9.17) is 12.6 Å². The molecule has 0 fully saturated rings. The molecule has 0 saturated heterocycles. The molecule has 0 aliphatic heterocycles. The van der Waals surface area contributed by atoms with E-state index in [9.17, 15) is 0 Å².